The lowest BCUT2D eigenvalue weighted by molar-refractivity contribution is 0.246. The summed E-state index contributed by atoms with van der Waals surface area (Å²) in [6.45, 7) is 5.44. The zero-order valence-corrected chi connectivity index (χ0v) is 17.5. The van der Waals surface area contributed by atoms with E-state index in [1.54, 1.807) is 12.1 Å². The SMILES string of the molecule is Cc1ccc(S(=O)(=O)NC[C@@H](c2ccc3c(c2)CCN3C)N2CCCC2)cc1. The Kier molecular flexibility index (Phi) is 5.45. The third-order valence-corrected chi connectivity index (χ3v) is 7.44. The normalized spacial score (nSPS) is 18.4. The van der Waals surface area contributed by atoms with Crippen molar-refractivity contribution >= 4 is 15.7 Å². The van der Waals surface area contributed by atoms with Crippen LogP contribution in [0.5, 0.6) is 0 Å². The first-order valence-corrected chi connectivity index (χ1v) is 11.6. The molecule has 0 amide bonds. The molecule has 0 aromatic heterocycles. The van der Waals surface area contributed by atoms with Gasteiger partial charge >= 0.3 is 0 Å². The van der Waals surface area contributed by atoms with Crippen LogP contribution in [0.3, 0.4) is 0 Å². The summed E-state index contributed by atoms with van der Waals surface area (Å²) in [7, 11) is -1.39. The Morgan fingerprint density at radius 3 is 2.46 bits per heavy atom. The highest BCUT2D eigenvalue weighted by atomic mass is 32.2. The third-order valence-electron chi connectivity index (χ3n) is 6.00. The fourth-order valence-electron chi connectivity index (χ4n) is 4.29. The lowest BCUT2D eigenvalue weighted by Gasteiger charge is -2.29. The number of likely N-dealkylation sites (tertiary alicyclic amines) is 1. The van der Waals surface area contributed by atoms with Gasteiger partial charge < -0.3 is 4.90 Å². The van der Waals surface area contributed by atoms with Crippen LogP contribution >= 0.6 is 0 Å². The van der Waals surface area contributed by atoms with Gasteiger partial charge in [-0.3, -0.25) is 4.90 Å². The summed E-state index contributed by atoms with van der Waals surface area (Å²) in [5, 5.41) is 0. The molecule has 150 valence electrons. The smallest absolute Gasteiger partial charge is 0.240 e. The second-order valence-corrected chi connectivity index (χ2v) is 9.75. The highest BCUT2D eigenvalue weighted by Crippen LogP contribution is 2.32. The van der Waals surface area contributed by atoms with Gasteiger partial charge in [-0.25, -0.2) is 13.1 Å². The number of aryl methyl sites for hydroxylation is 1. The Balaban J connectivity index is 1.56. The van der Waals surface area contributed by atoms with Gasteiger partial charge in [-0.2, -0.15) is 0 Å². The van der Waals surface area contributed by atoms with E-state index in [-0.39, 0.29) is 6.04 Å². The van der Waals surface area contributed by atoms with Crippen LogP contribution in [0.2, 0.25) is 0 Å². The van der Waals surface area contributed by atoms with E-state index in [2.05, 4.69) is 39.8 Å². The Labute approximate surface area is 168 Å². The fourth-order valence-corrected chi connectivity index (χ4v) is 5.33. The van der Waals surface area contributed by atoms with Crippen LogP contribution < -0.4 is 9.62 Å². The summed E-state index contributed by atoms with van der Waals surface area (Å²) >= 11 is 0. The van der Waals surface area contributed by atoms with Gasteiger partial charge in [0.15, 0.2) is 0 Å². The predicted molar refractivity (Wildman–Crippen MR) is 113 cm³/mol. The molecule has 28 heavy (non-hydrogen) atoms. The standard InChI is InChI=1S/C22H29N3O2S/c1-17-5-8-20(9-6-17)28(26,27)23-16-22(25-12-3-4-13-25)18-7-10-21-19(15-18)11-14-24(21)2/h5-10,15,22-23H,3-4,11-14,16H2,1-2H3/t22-/m0/s1. The van der Waals surface area contributed by atoms with Crippen LogP contribution in [0.25, 0.3) is 0 Å². The van der Waals surface area contributed by atoms with Crippen molar-refractivity contribution in [2.45, 2.75) is 37.1 Å². The number of hydrogen-bond donors (Lipinski definition) is 1. The molecular weight excluding hydrogens is 370 g/mol. The van der Waals surface area contributed by atoms with Crippen molar-refractivity contribution in [3.05, 3.63) is 59.2 Å². The minimum absolute atomic E-state index is 0.0685. The molecule has 1 saturated heterocycles. The van der Waals surface area contributed by atoms with Gasteiger partial charge in [-0.05, 0) is 68.6 Å². The number of sulfonamides is 1. The summed E-state index contributed by atoms with van der Waals surface area (Å²) in [6, 6.07) is 13.7. The van der Waals surface area contributed by atoms with Gasteiger partial charge in [-0.15, -0.1) is 0 Å². The molecule has 1 N–H and O–H groups in total. The molecule has 2 aromatic carbocycles. The molecule has 0 saturated carbocycles. The maximum absolute atomic E-state index is 12.8. The molecule has 2 aromatic rings. The minimum Gasteiger partial charge on any atom is -0.374 e. The first kappa shape index (κ1) is 19.4. The topological polar surface area (TPSA) is 52.7 Å². The number of likely N-dealkylation sites (N-methyl/N-ethyl adjacent to an activating group) is 1. The maximum atomic E-state index is 12.8. The predicted octanol–water partition coefficient (Wildman–Crippen LogP) is 3.10. The van der Waals surface area contributed by atoms with Crippen LogP contribution in [0.4, 0.5) is 5.69 Å². The first-order chi connectivity index (χ1) is 13.4. The van der Waals surface area contributed by atoms with E-state index in [0.29, 0.717) is 11.4 Å². The van der Waals surface area contributed by atoms with E-state index in [9.17, 15) is 8.42 Å². The number of fused-ring (bicyclic) bond motifs is 1. The third kappa shape index (κ3) is 3.95. The Hall–Kier alpha value is -1.89. The van der Waals surface area contributed by atoms with Crippen molar-refractivity contribution in [2.24, 2.45) is 0 Å². The number of nitrogens with one attached hydrogen (secondary N) is 1. The fraction of sp³-hybridized carbons (Fsp3) is 0.455. The van der Waals surface area contributed by atoms with Crippen LogP contribution in [0.15, 0.2) is 47.4 Å². The highest BCUT2D eigenvalue weighted by Gasteiger charge is 2.27. The Morgan fingerprint density at radius 2 is 1.75 bits per heavy atom. The average Bonchev–Trinajstić information content (AvgIpc) is 3.33. The number of anilines is 1. The minimum atomic E-state index is -3.51. The van der Waals surface area contributed by atoms with E-state index in [1.165, 1.54) is 29.7 Å². The maximum Gasteiger partial charge on any atom is 0.240 e. The van der Waals surface area contributed by atoms with Crippen molar-refractivity contribution in [1.29, 1.82) is 0 Å². The number of benzene rings is 2. The lowest BCUT2D eigenvalue weighted by atomic mass is 10.0. The number of nitrogens with zero attached hydrogens (tertiary/aromatic N) is 2. The van der Waals surface area contributed by atoms with Gasteiger partial charge in [0, 0.05) is 31.9 Å². The highest BCUT2D eigenvalue weighted by molar-refractivity contribution is 7.89. The van der Waals surface area contributed by atoms with E-state index in [4.69, 9.17) is 0 Å². The second kappa shape index (κ2) is 7.85. The van der Waals surface area contributed by atoms with Crippen molar-refractivity contribution in [1.82, 2.24) is 9.62 Å². The molecule has 1 atom stereocenters. The molecule has 1 fully saturated rings. The molecule has 2 aliphatic rings. The summed E-state index contributed by atoms with van der Waals surface area (Å²) in [4.78, 5) is 5.02. The zero-order valence-electron chi connectivity index (χ0n) is 16.7. The average molecular weight is 400 g/mol. The van der Waals surface area contributed by atoms with Gasteiger partial charge in [-0.1, -0.05) is 29.8 Å². The molecule has 6 heteroatoms. The van der Waals surface area contributed by atoms with Gasteiger partial charge in [0.25, 0.3) is 0 Å². The lowest BCUT2D eigenvalue weighted by Crippen LogP contribution is -2.36. The molecule has 5 nitrogen and oxygen atoms in total. The summed E-state index contributed by atoms with van der Waals surface area (Å²) < 4.78 is 28.4. The molecule has 0 bridgehead atoms. The van der Waals surface area contributed by atoms with E-state index in [0.717, 1.165) is 31.6 Å². The molecule has 0 spiro atoms. The van der Waals surface area contributed by atoms with E-state index in [1.807, 2.05) is 19.1 Å². The number of rotatable bonds is 6. The quantitative estimate of drug-likeness (QED) is 0.811. The molecule has 4 rings (SSSR count). The molecule has 0 radical (unpaired) electrons. The van der Waals surface area contributed by atoms with Crippen LogP contribution in [-0.2, 0) is 16.4 Å². The van der Waals surface area contributed by atoms with Gasteiger partial charge in [0.05, 0.1) is 4.90 Å². The van der Waals surface area contributed by atoms with Crippen molar-refractivity contribution in [3.8, 4) is 0 Å². The Morgan fingerprint density at radius 1 is 1.04 bits per heavy atom. The molecule has 2 aliphatic heterocycles. The van der Waals surface area contributed by atoms with Crippen molar-refractivity contribution in [3.63, 3.8) is 0 Å². The van der Waals surface area contributed by atoms with E-state index < -0.39 is 10.0 Å². The summed E-state index contributed by atoms with van der Waals surface area (Å²) in [5.74, 6) is 0. The molecule has 2 heterocycles. The Bertz CT molecular complexity index is 935. The molecule has 0 unspecified atom stereocenters. The van der Waals surface area contributed by atoms with Crippen LogP contribution in [0, 0.1) is 6.92 Å². The van der Waals surface area contributed by atoms with Crippen LogP contribution in [-0.4, -0.2) is 46.5 Å². The van der Waals surface area contributed by atoms with E-state index >= 15 is 0 Å². The zero-order chi connectivity index (χ0) is 19.7. The first-order valence-electron chi connectivity index (χ1n) is 10.1. The van der Waals surface area contributed by atoms with Crippen molar-refractivity contribution in [2.75, 3.05) is 38.1 Å². The molecular formula is C22H29N3O2S. The van der Waals surface area contributed by atoms with Gasteiger partial charge in [0.1, 0.15) is 0 Å². The summed E-state index contributed by atoms with van der Waals surface area (Å²) in [5.41, 5.74) is 4.93. The second-order valence-electron chi connectivity index (χ2n) is 7.98. The van der Waals surface area contributed by atoms with Crippen molar-refractivity contribution < 1.29 is 8.42 Å². The van der Waals surface area contributed by atoms with Gasteiger partial charge in [0.2, 0.25) is 10.0 Å². The number of hydrogen-bond acceptors (Lipinski definition) is 4. The summed E-state index contributed by atoms with van der Waals surface area (Å²) in [6.07, 6.45) is 3.41. The largest absolute Gasteiger partial charge is 0.374 e. The van der Waals surface area contributed by atoms with Crippen LogP contribution in [0.1, 0.15) is 35.6 Å². The monoisotopic (exact) mass is 399 g/mol. The molecule has 0 aliphatic carbocycles.